The van der Waals surface area contributed by atoms with Crippen molar-refractivity contribution in [1.82, 2.24) is 0 Å². The number of rotatable bonds is 8. The standard InChI is InChI=1S/C21H25NO3S/c1-3-25-20(21(22)24)6-4-5-19(23)17-10-7-16(8-11-17)9-12-18-13-15(2)14-26-18/h7-8,10-11,13-14,19-20,23H,3-6H2,1-2H3,(H2,22,24). The largest absolute Gasteiger partial charge is 0.388 e. The van der Waals surface area contributed by atoms with Gasteiger partial charge in [0.15, 0.2) is 0 Å². The molecule has 0 spiro atoms. The van der Waals surface area contributed by atoms with Crippen molar-refractivity contribution in [3.63, 3.8) is 0 Å². The number of aliphatic hydroxyl groups excluding tert-OH is 1. The average molecular weight is 372 g/mol. The summed E-state index contributed by atoms with van der Waals surface area (Å²) in [6, 6.07) is 9.68. The lowest BCUT2D eigenvalue weighted by molar-refractivity contribution is -0.129. The van der Waals surface area contributed by atoms with Crippen LogP contribution in [-0.4, -0.2) is 23.7 Å². The highest BCUT2D eigenvalue weighted by Crippen LogP contribution is 2.21. The molecule has 1 amide bonds. The van der Waals surface area contributed by atoms with Gasteiger partial charge in [-0.05, 0) is 67.8 Å². The third kappa shape index (κ3) is 6.30. The zero-order valence-electron chi connectivity index (χ0n) is 15.2. The third-order valence-corrected chi connectivity index (χ3v) is 4.95. The topological polar surface area (TPSA) is 72.6 Å². The molecule has 138 valence electrons. The number of benzene rings is 1. The number of carbonyl (C=O) groups is 1. The normalized spacial score (nSPS) is 12.9. The van der Waals surface area contributed by atoms with Gasteiger partial charge in [0.2, 0.25) is 5.91 Å². The second-order valence-corrected chi connectivity index (χ2v) is 7.06. The van der Waals surface area contributed by atoms with Gasteiger partial charge in [0.25, 0.3) is 0 Å². The van der Waals surface area contributed by atoms with E-state index in [1.807, 2.05) is 31.2 Å². The van der Waals surface area contributed by atoms with Crippen molar-refractivity contribution in [2.45, 2.75) is 45.3 Å². The summed E-state index contributed by atoms with van der Waals surface area (Å²) in [6.07, 6.45) is 0.576. The minimum Gasteiger partial charge on any atom is -0.388 e. The molecule has 0 fully saturated rings. The molecule has 2 unspecified atom stereocenters. The number of primary amides is 1. The maximum absolute atomic E-state index is 11.3. The quantitative estimate of drug-likeness (QED) is 0.697. The highest BCUT2D eigenvalue weighted by molar-refractivity contribution is 7.10. The molecule has 0 aliphatic heterocycles. The molecule has 2 rings (SSSR count). The van der Waals surface area contributed by atoms with Gasteiger partial charge >= 0.3 is 0 Å². The lowest BCUT2D eigenvalue weighted by atomic mass is 10.0. The van der Waals surface area contributed by atoms with E-state index >= 15 is 0 Å². The Morgan fingerprint density at radius 1 is 1.27 bits per heavy atom. The number of nitrogens with two attached hydrogens (primary N) is 1. The van der Waals surface area contributed by atoms with Crippen LogP contribution in [-0.2, 0) is 9.53 Å². The van der Waals surface area contributed by atoms with Crippen molar-refractivity contribution in [3.05, 3.63) is 57.3 Å². The molecular formula is C21H25NO3S. The molecule has 2 aromatic rings. The second kappa shape index (κ2) is 10.1. The Balaban J connectivity index is 1.87. The van der Waals surface area contributed by atoms with E-state index in [0.717, 1.165) is 16.0 Å². The number of aryl methyl sites for hydroxylation is 1. The number of hydrogen-bond donors (Lipinski definition) is 2. The van der Waals surface area contributed by atoms with E-state index in [2.05, 4.69) is 30.2 Å². The van der Waals surface area contributed by atoms with Crippen LogP contribution in [0.3, 0.4) is 0 Å². The van der Waals surface area contributed by atoms with E-state index in [1.165, 1.54) is 5.56 Å². The van der Waals surface area contributed by atoms with Gasteiger partial charge in [0.05, 0.1) is 11.0 Å². The zero-order valence-corrected chi connectivity index (χ0v) is 16.0. The predicted octanol–water partition coefficient (Wildman–Crippen LogP) is 3.55. The van der Waals surface area contributed by atoms with E-state index in [0.29, 0.717) is 25.9 Å². The number of ether oxygens (including phenoxy) is 1. The molecule has 2 atom stereocenters. The monoisotopic (exact) mass is 371 g/mol. The lowest BCUT2D eigenvalue weighted by Crippen LogP contribution is -2.31. The third-order valence-electron chi connectivity index (χ3n) is 3.99. The van der Waals surface area contributed by atoms with Crippen LogP contribution in [0, 0.1) is 18.8 Å². The predicted molar refractivity (Wildman–Crippen MR) is 105 cm³/mol. The van der Waals surface area contributed by atoms with Crippen LogP contribution in [0.4, 0.5) is 0 Å². The summed E-state index contributed by atoms with van der Waals surface area (Å²) in [4.78, 5) is 12.3. The first-order valence-electron chi connectivity index (χ1n) is 8.75. The lowest BCUT2D eigenvalue weighted by Gasteiger charge is -2.15. The molecule has 0 aliphatic carbocycles. The summed E-state index contributed by atoms with van der Waals surface area (Å²) in [6.45, 7) is 4.33. The van der Waals surface area contributed by atoms with E-state index in [4.69, 9.17) is 10.5 Å². The van der Waals surface area contributed by atoms with E-state index in [1.54, 1.807) is 11.3 Å². The molecular weight excluding hydrogens is 346 g/mol. The molecule has 1 heterocycles. The fourth-order valence-corrected chi connectivity index (χ4v) is 3.34. The van der Waals surface area contributed by atoms with Crippen LogP contribution < -0.4 is 5.73 Å². The first-order chi connectivity index (χ1) is 12.5. The highest BCUT2D eigenvalue weighted by Gasteiger charge is 2.16. The van der Waals surface area contributed by atoms with Gasteiger partial charge in [0, 0.05) is 12.2 Å². The summed E-state index contributed by atoms with van der Waals surface area (Å²) in [5.74, 6) is 5.83. The maximum Gasteiger partial charge on any atom is 0.246 e. The maximum atomic E-state index is 11.3. The van der Waals surface area contributed by atoms with Gasteiger partial charge < -0.3 is 15.6 Å². The molecule has 1 aromatic carbocycles. The first kappa shape index (κ1) is 20.2. The summed E-state index contributed by atoms with van der Waals surface area (Å²) >= 11 is 1.64. The SMILES string of the molecule is CCOC(CCCC(O)c1ccc(C#Cc2cc(C)cs2)cc1)C(N)=O. The Morgan fingerprint density at radius 3 is 2.58 bits per heavy atom. The van der Waals surface area contributed by atoms with E-state index in [-0.39, 0.29) is 0 Å². The molecule has 3 N–H and O–H groups in total. The minimum absolute atomic E-state index is 0.448. The Kier molecular flexibility index (Phi) is 7.86. The molecule has 0 bridgehead atoms. The van der Waals surface area contributed by atoms with E-state index < -0.39 is 18.1 Å². The molecule has 0 radical (unpaired) electrons. The number of amides is 1. The first-order valence-corrected chi connectivity index (χ1v) is 9.63. The molecule has 0 saturated carbocycles. The average Bonchev–Trinajstić information content (AvgIpc) is 3.04. The van der Waals surface area contributed by atoms with Gasteiger partial charge in [-0.2, -0.15) is 0 Å². The van der Waals surface area contributed by atoms with Crippen LogP contribution in [0.1, 0.15) is 53.9 Å². The van der Waals surface area contributed by atoms with Crippen molar-refractivity contribution in [2.75, 3.05) is 6.61 Å². The van der Waals surface area contributed by atoms with Crippen molar-refractivity contribution in [3.8, 4) is 11.8 Å². The van der Waals surface area contributed by atoms with Crippen LogP contribution >= 0.6 is 11.3 Å². The Labute approximate surface area is 159 Å². The van der Waals surface area contributed by atoms with Crippen LogP contribution in [0.15, 0.2) is 35.7 Å². The van der Waals surface area contributed by atoms with Crippen molar-refractivity contribution in [1.29, 1.82) is 0 Å². The summed E-state index contributed by atoms with van der Waals surface area (Å²) in [5.41, 5.74) is 8.28. The Hall–Kier alpha value is -2.13. The number of aliphatic hydroxyl groups is 1. The fourth-order valence-electron chi connectivity index (χ4n) is 2.59. The number of thiophene rings is 1. The van der Waals surface area contributed by atoms with Crippen LogP contribution in [0.25, 0.3) is 0 Å². The van der Waals surface area contributed by atoms with Gasteiger partial charge in [0.1, 0.15) is 6.10 Å². The zero-order chi connectivity index (χ0) is 18.9. The summed E-state index contributed by atoms with van der Waals surface area (Å²) in [5, 5.41) is 12.4. The number of hydrogen-bond acceptors (Lipinski definition) is 4. The molecule has 0 saturated heterocycles. The van der Waals surface area contributed by atoms with Crippen molar-refractivity contribution < 1.29 is 14.6 Å². The van der Waals surface area contributed by atoms with Gasteiger partial charge in [-0.3, -0.25) is 4.79 Å². The van der Waals surface area contributed by atoms with Gasteiger partial charge in [-0.25, -0.2) is 0 Å². The Bertz CT molecular complexity index is 771. The van der Waals surface area contributed by atoms with Crippen LogP contribution in [0.2, 0.25) is 0 Å². The molecule has 5 heteroatoms. The summed E-state index contributed by atoms with van der Waals surface area (Å²) in [7, 11) is 0. The second-order valence-electron chi connectivity index (χ2n) is 6.15. The fraction of sp³-hybridized carbons (Fsp3) is 0.381. The molecule has 4 nitrogen and oxygen atoms in total. The van der Waals surface area contributed by atoms with Crippen LogP contribution in [0.5, 0.6) is 0 Å². The number of carbonyl (C=O) groups excluding carboxylic acids is 1. The minimum atomic E-state index is -0.578. The Morgan fingerprint density at radius 2 is 2.00 bits per heavy atom. The van der Waals surface area contributed by atoms with Gasteiger partial charge in [-0.1, -0.05) is 24.0 Å². The van der Waals surface area contributed by atoms with E-state index in [9.17, 15) is 9.90 Å². The molecule has 1 aromatic heterocycles. The molecule has 0 aliphatic rings. The van der Waals surface area contributed by atoms with Crippen molar-refractivity contribution >= 4 is 17.2 Å². The highest BCUT2D eigenvalue weighted by atomic mass is 32.1. The smallest absolute Gasteiger partial charge is 0.246 e. The summed E-state index contributed by atoms with van der Waals surface area (Å²) < 4.78 is 5.30. The van der Waals surface area contributed by atoms with Crippen molar-refractivity contribution in [2.24, 2.45) is 5.73 Å². The molecule has 26 heavy (non-hydrogen) atoms. The van der Waals surface area contributed by atoms with Gasteiger partial charge in [-0.15, -0.1) is 11.3 Å².